The van der Waals surface area contributed by atoms with Crippen LogP contribution >= 0.6 is 0 Å². The van der Waals surface area contributed by atoms with Crippen LogP contribution in [0.3, 0.4) is 0 Å². The molecule has 2 rings (SSSR count). The van der Waals surface area contributed by atoms with Crippen LogP contribution in [0.25, 0.3) is 0 Å². The Morgan fingerprint density at radius 1 is 0.821 bits per heavy atom. The fraction of sp³-hybridized carbons (Fsp3) is 0.609. The summed E-state index contributed by atoms with van der Waals surface area (Å²) < 4.78 is 0. The number of benzene rings is 1. The Hall–Kier alpha value is -2.17. The average Bonchev–Trinajstić information content (AvgIpc) is 2.68. The third-order valence-electron chi connectivity index (χ3n) is 5.19. The van der Waals surface area contributed by atoms with Gasteiger partial charge in [0.25, 0.3) is 5.91 Å². The summed E-state index contributed by atoms with van der Waals surface area (Å²) in [5.41, 5.74) is 5.06. The van der Waals surface area contributed by atoms with Gasteiger partial charge in [-0.15, -0.1) is 0 Å². The Kier molecular flexibility index (Phi) is 9.73. The number of nitrogens with zero attached hydrogens (tertiary/aromatic N) is 1. The summed E-state index contributed by atoms with van der Waals surface area (Å²) in [7, 11) is 0. The van der Waals surface area contributed by atoms with Crippen molar-refractivity contribution in [2.24, 2.45) is 11.0 Å². The Balaban J connectivity index is 1.89. The minimum Gasteiger partial charge on any atom is -0.326 e. The molecule has 0 heterocycles. The second kappa shape index (κ2) is 12.3. The molecule has 1 fully saturated rings. The van der Waals surface area contributed by atoms with Gasteiger partial charge in [-0.25, -0.2) is 5.43 Å². The fourth-order valence-corrected chi connectivity index (χ4v) is 3.32. The van der Waals surface area contributed by atoms with Crippen LogP contribution in [0.5, 0.6) is 0 Å². The summed E-state index contributed by atoms with van der Waals surface area (Å²) in [5, 5.41) is 7.26. The number of carbonyl (C=O) groups excluding carboxylic acids is 2. The molecule has 1 aromatic rings. The van der Waals surface area contributed by atoms with E-state index in [0.717, 1.165) is 31.4 Å². The van der Waals surface area contributed by atoms with Gasteiger partial charge in [-0.1, -0.05) is 58.8 Å². The second-order valence-electron chi connectivity index (χ2n) is 8.02. The highest BCUT2D eigenvalue weighted by Crippen LogP contribution is 2.16. The van der Waals surface area contributed by atoms with E-state index in [4.69, 9.17) is 0 Å². The van der Waals surface area contributed by atoms with E-state index in [0.29, 0.717) is 11.3 Å². The maximum Gasteiger partial charge on any atom is 0.271 e. The van der Waals surface area contributed by atoms with Crippen molar-refractivity contribution in [2.45, 2.75) is 84.5 Å². The van der Waals surface area contributed by atoms with Gasteiger partial charge in [0.2, 0.25) is 5.91 Å². The summed E-state index contributed by atoms with van der Waals surface area (Å²) >= 11 is 0. The van der Waals surface area contributed by atoms with Crippen molar-refractivity contribution in [2.75, 3.05) is 5.32 Å². The number of amides is 2. The zero-order chi connectivity index (χ0) is 20.2. The Morgan fingerprint density at radius 2 is 1.32 bits per heavy atom. The number of hydrogen-bond donors (Lipinski definition) is 2. The first kappa shape index (κ1) is 22.1. The van der Waals surface area contributed by atoms with E-state index >= 15 is 0 Å². The topological polar surface area (TPSA) is 70.6 Å². The van der Waals surface area contributed by atoms with E-state index in [1.165, 1.54) is 44.9 Å². The molecule has 0 atom stereocenters. The first-order valence-electron chi connectivity index (χ1n) is 10.8. The normalized spacial score (nSPS) is 16.6. The van der Waals surface area contributed by atoms with E-state index in [1.54, 1.807) is 24.3 Å². The van der Waals surface area contributed by atoms with E-state index in [-0.39, 0.29) is 17.7 Å². The molecule has 154 valence electrons. The van der Waals surface area contributed by atoms with Crippen LogP contribution in [0, 0.1) is 5.92 Å². The van der Waals surface area contributed by atoms with Gasteiger partial charge in [-0.05, 0) is 49.9 Å². The highest BCUT2D eigenvalue weighted by Gasteiger charge is 2.09. The largest absolute Gasteiger partial charge is 0.326 e. The van der Waals surface area contributed by atoms with Crippen LogP contribution in [0.4, 0.5) is 5.69 Å². The van der Waals surface area contributed by atoms with Crippen molar-refractivity contribution in [3.05, 3.63) is 29.8 Å². The lowest BCUT2D eigenvalue weighted by Crippen LogP contribution is -2.20. The van der Waals surface area contributed by atoms with Gasteiger partial charge >= 0.3 is 0 Å². The first-order valence-corrected chi connectivity index (χ1v) is 10.8. The van der Waals surface area contributed by atoms with Crippen molar-refractivity contribution in [1.82, 2.24) is 5.43 Å². The third-order valence-corrected chi connectivity index (χ3v) is 5.19. The van der Waals surface area contributed by atoms with Crippen molar-refractivity contribution >= 4 is 23.2 Å². The SMILES string of the molecule is CC(C)C(=O)Nc1ccc(C(=O)NN=C2CCCCCCCCCCC2)cc1. The van der Waals surface area contributed by atoms with Crippen molar-refractivity contribution in [3.8, 4) is 0 Å². The minimum absolute atomic E-state index is 0.0360. The lowest BCUT2D eigenvalue weighted by atomic mass is 10.00. The maximum atomic E-state index is 12.4. The molecule has 0 unspecified atom stereocenters. The van der Waals surface area contributed by atoms with Crippen LogP contribution in [0.2, 0.25) is 0 Å². The molecule has 1 aromatic carbocycles. The number of rotatable bonds is 4. The van der Waals surface area contributed by atoms with Crippen LogP contribution in [0.15, 0.2) is 29.4 Å². The zero-order valence-corrected chi connectivity index (χ0v) is 17.4. The molecule has 0 radical (unpaired) electrons. The molecule has 1 aliphatic carbocycles. The van der Waals surface area contributed by atoms with E-state index in [9.17, 15) is 9.59 Å². The van der Waals surface area contributed by atoms with Gasteiger partial charge in [0.1, 0.15) is 0 Å². The van der Waals surface area contributed by atoms with Gasteiger partial charge in [0.15, 0.2) is 0 Å². The first-order chi connectivity index (χ1) is 13.6. The number of hydrazone groups is 1. The number of nitrogens with one attached hydrogen (secondary N) is 2. The molecule has 0 aromatic heterocycles. The standard InChI is InChI=1S/C23H35N3O2/c1-18(2)22(27)24-20-16-14-19(15-17-20)23(28)26-25-21-12-10-8-6-4-3-5-7-9-11-13-21/h14-18H,3-13H2,1-2H3,(H,24,27)(H,26,28). The van der Waals surface area contributed by atoms with Crippen LogP contribution in [0.1, 0.15) is 94.8 Å². The Labute approximate surface area is 169 Å². The number of anilines is 1. The number of carbonyl (C=O) groups is 2. The third kappa shape index (κ3) is 8.24. The lowest BCUT2D eigenvalue weighted by Gasteiger charge is -2.10. The highest BCUT2D eigenvalue weighted by molar-refractivity contribution is 5.97. The molecule has 1 saturated carbocycles. The number of hydrogen-bond acceptors (Lipinski definition) is 3. The van der Waals surface area contributed by atoms with Crippen molar-refractivity contribution in [3.63, 3.8) is 0 Å². The van der Waals surface area contributed by atoms with E-state index < -0.39 is 0 Å². The molecule has 2 N–H and O–H groups in total. The molecule has 0 spiro atoms. The Morgan fingerprint density at radius 3 is 1.82 bits per heavy atom. The lowest BCUT2D eigenvalue weighted by molar-refractivity contribution is -0.118. The van der Waals surface area contributed by atoms with Crippen LogP contribution in [-0.4, -0.2) is 17.5 Å². The summed E-state index contributed by atoms with van der Waals surface area (Å²) in [6.07, 6.45) is 13.4. The molecule has 0 bridgehead atoms. The van der Waals surface area contributed by atoms with Crippen molar-refractivity contribution in [1.29, 1.82) is 0 Å². The second-order valence-corrected chi connectivity index (χ2v) is 8.02. The highest BCUT2D eigenvalue weighted by atomic mass is 16.2. The molecule has 0 saturated heterocycles. The Bertz CT molecular complexity index is 636. The zero-order valence-electron chi connectivity index (χ0n) is 17.4. The molecular weight excluding hydrogens is 350 g/mol. The summed E-state index contributed by atoms with van der Waals surface area (Å²) in [6.45, 7) is 3.69. The van der Waals surface area contributed by atoms with Crippen LogP contribution in [-0.2, 0) is 4.79 Å². The molecule has 1 aliphatic rings. The van der Waals surface area contributed by atoms with Gasteiger partial charge in [0, 0.05) is 22.9 Å². The van der Waals surface area contributed by atoms with Gasteiger partial charge in [-0.3, -0.25) is 9.59 Å². The summed E-state index contributed by atoms with van der Waals surface area (Å²) in [5.74, 6) is -0.323. The van der Waals surface area contributed by atoms with Crippen molar-refractivity contribution < 1.29 is 9.59 Å². The van der Waals surface area contributed by atoms with E-state index in [1.807, 2.05) is 13.8 Å². The van der Waals surface area contributed by atoms with Crippen LogP contribution < -0.4 is 10.7 Å². The maximum absolute atomic E-state index is 12.4. The summed E-state index contributed by atoms with van der Waals surface area (Å²) in [4.78, 5) is 24.1. The predicted octanol–water partition coefficient (Wildman–Crippen LogP) is 5.67. The molecule has 5 heteroatoms. The predicted molar refractivity (Wildman–Crippen MR) is 116 cm³/mol. The van der Waals surface area contributed by atoms with Gasteiger partial charge < -0.3 is 5.32 Å². The molecule has 0 aliphatic heterocycles. The van der Waals surface area contributed by atoms with Gasteiger partial charge in [-0.2, -0.15) is 5.10 Å². The monoisotopic (exact) mass is 385 g/mol. The molecular formula is C23H35N3O2. The van der Waals surface area contributed by atoms with Gasteiger partial charge in [0.05, 0.1) is 0 Å². The smallest absolute Gasteiger partial charge is 0.271 e. The van der Waals surface area contributed by atoms with E-state index in [2.05, 4.69) is 15.8 Å². The fourth-order valence-electron chi connectivity index (χ4n) is 3.32. The molecule has 5 nitrogen and oxygen atoms in total. The molecule has 2 amide bonds. The quantitative estimate of drug-likeness (QED) is 0.655. The summed E-state index contributed by atoms with van der Waals surface area (Å²) in [6, 6.07) is 6.93. The minimum atomic E-state index is -0.208. The average molecular weight is 386 g/mol. The molecule has 28 heavy (non-hydrogen) atoms.